The van der Waals surface area contributed by atoms with Crippen LogP contribution in [0.25, 0.3) is 5.82 Å². The van der Waals surface area contributed by atoms with E-state index in [1.54, 1.807) is 59.2 Å². The number of carbonyl (C=O) groups excluding carboxylic acids is 2. The molecule has 1 aliphatic rings. The van der Waals surface area contributed by atoms with Gasteiger partial charge in [0.1, 0.15) is 11.5 Å². The summed E-state index contributed by atoms with van der Waals surface area (Å²) in [6, 6.07) is 17.7. The predicted molar refractivity (Wildman–Crippen MR) is 142 cm³/mol. The lowest BCUT2D eigenvalue weighted by atomic mass is 10.1. The lowest BCUT2D eigenvalue weighted by Gasteiger charge is -2.17. The number of carbonyl (C=O) groups is 2. The van der Waals surface area contributed by atoms with E-state index in [2.05, 4.69) is 20.6 Å². The summed E-state index contributed by atoms with van der Waals surface area (Å²) in [6.45, 7) is 6.28. The van der Waals surface area contributed by atoms with Gasteiger partial charge in [-0.2, -0.15) is 5.10 Å². The molecule has 1 aliphatic heterocycles. The number of nitrogens with zero attached hydrogens (tertiary/aromatic N) is 5. The maximum absolute atomic E-state index is 12.9. The molecule has 3 heterocycles. The predicted octanol–water partition coefficient (Wildman–Crippen LogP) is 4.38. The first kappa shape index (κ1) is 24.9. The summed E-state index contributed by atoms with van der Waals surface area (Å²) in [5, 5.41) is 15.8. The Labute approximate surface area is 220 Å². The molecule has 4 aromatic rings. The minimum Gasteiger partial charge on any atom is -0.497 e. The summed E-state index contributed by atoms with van der Waals surface area (Å²) in [7, 11) is 1.57. The molecule has 1 fully saturated rings. The largest absolute Gasteiger partial charge is 0.497 e. The second kappa shape index (κ2) is 10.3. The fraction of sp³-hybridized carbons (Fsp3) is 0.250. The first-order valence-corrected chi connectivity index (χ1v) is 12.2. The number of rotatable bonds is 7. The summed E-state index contributed by atoms with van der Waals surface area (Å²) in [5.74, 6) is 1.40. The summed E-state index contributed by atoms with van der Waals surface area (Å²) >= 11 is 0. The molecular formula is C28H28N6O4. The minimum absolute atomic E-state index is 0.0951. The van der Waals surface area contributed by atoms with Crippen LogP contribution in [-0.2, 0) is 9.59 Å². The average molecular weight is 513 g/mol. The number of anilines is 2. The van der Waals surface area contributed by atoms with Crippen LogP contribution in [0, 0.1) is 26.7 Å². The van der Waals surface area contributed by atoms with E-state index >= 15 is 0 Å². The molecule has 2 amide bonds. The number of amides is 2. The first-order chi connectivity index (χ1) is 18.3. The molecule has 2 aromatic heterocycles. The van der Waals surface area contributed by atoms with Gasteiger partial charge in [0.05, 0.1) is 18.7 Å². The summed E-state index contributed by atoms with van der Waals surface area (Å²) < 4.78 is 12.8. The third-order valence-electron chi connectivity index (χ3n) is 6.70. The van der Waals surface area contributed by atoms with Gasteiger partial charge in [-0.25, -0.2) is 4.68 Å². The molecule has 1 saturated heterocycles. The van der Waals surface area contributed by atoms with E-state index in [1.807, 2.05) is 39.0 Å². The molecule has 0 aliphatic carbocycles. The van der Waals surface area contributed by atoms with Crippen LogP contribution in [0.5, 0.6) is 17.4 Å². The maximum Gasteiger partial charge on any atom is 0.238 e. The van der Waals surface area contributed by atoms with Crippen LogP contribution in [0.1, 0.15) is 23.4 Å². The van der Waals surface area contributed by atoms with Crippen molar-refractivity contribution in [2.24, 2.45) is 5.92 Å². The van der Waals surface area contributed by atoms with Gasteiger partial charge in [-0.1, -0.05) is 6.07 Å². The molecule has 0 radical (unpaired) electrons. The standard InChI is InChI=1S/C28H28N6O4/c1-17-18(2)32-34(19(17)3)25-12-13-26(31-30-25)38-23-10-8-21(9-11-23)29-28(36)20-14-27(35)33(16-20)22-6-5-7-24(15-22)37-4/h5-13,15,20H,14,16H2,1-4H3,(H,29,36). The van der Waals surface area contributed by atoms with Crippen LogP contribution in [0.15, 0.2) is 60.7 Å². The van der Waals surface area contributed by atoms with Gasteiger partial charge in [0.15, 0.2) is 5.82 Å². The molecule has 0 bridgehead atoms. The number of nitrogens with one attached hydrogen (secondary N) is 1. The van der Waals surface area contributed by atoms with Crippen molar-refractivity contribution in [1.29, 1.82) is 0 Å². The minimum atomic E-state index is -0.454. The molecule has 2 aromatic carbocycles. The van der Waals surface area contributed by atoms with E-state index in [0.717, 1.165) is 17.0 Å². The lowest BCUT2D eigenvalue weighted by molar-refractivity contribution is -0.122. The quantitative estimate of drug-likeness (QED) is 0.391. The van der Waals surface area contributed by atoms with Crippen molar-refractivity contribution in [2.75, 3.05) is 23.9 Å². The Morgan fingerprint density at radius 1 is 1.00 bits per heavy atom. The van der Waals surface area contributed by atoms with Crippen LogP contribution < -0.4 is 19.7 Å². The van der Waals surface area contributed by atoms with Crippen molar-refractivity contribution in [3.05, 3.63) is 77.6 Å². The molecule has 0 saturated carbocycles. The highest BCUT2D eigenvalue weighted by molar-refractivity contribution is 6.03. The number of hydrogen-bond donors (Lipinski definition) is 1. The maximum atomic E-state index is 12.9. The molecule has 1 atom stereocenters. The average Bonchev–Trinajstić information content (AvgIpc) is 3.45. The Balaban J connectivity index is 1.18. The highest BCUT2D eigenvalue weighted by Crippen LogP contribution is 2.29. The number of aryl methyl sites for hydroxylation is 1. The molecule has 10 heteroatoms. The first-order valence-electron chi connectivity index (χ1n) is 12.2. The van der Waals surface area contributed by atoms with Crippen molar-refractivity contribution in [3.63, 3.8) is 0 Å². The van der Waals surface area contributed by atoms with Crippen molar-refractivity contribution in [3.8, 4) is 23.2 Å². The van der Waals surface area contributed by atoms with Crippen molar-refractivity contribution >= 4 is 23.2 Å². The Bertz CT molecular complexity index is 1480. The second-order valence-corrected chi connectivity index (χ2v) is 9.16. The summed E-state index contributed by atoms with van der Waals surface area (Å²) in [6.07, 6.45) is 0.149. The third kappa shape index (κ3) is 5.06. The highest BCUT2D eigenvalue weighted by Gasteiger charge is 2.35. The van der Waals surface area contributed by atoms with Gasteiger partial charge in [-0.15, -0.1) is 10.2 Å². The zero-order chi connectivity index (χ0) is 26.8. The number of benzene rings is 2. The van der Waals surface area contributed by atoms with Gasteiger partial charge in [0, 0.05) is 42.2 Å². The van der Waals surface area contributed by atoms with Crippen LogP contribution in [-0.4, -0.2) is 45.4 Å². The van der Waals surface area contributed by atoms with Gasteiger partial charge in [-0.3, -0.25) is 9.59 Å². The Morgan fingerprint density at radius 3 is 2.45 bits per heavy atom. The smallest absolute Gasteiger partial charge is 0.238 e. The van der Waals surface area contributed by atoms with Crippen LogP contribution >= 0.6 is 0 Å². The molecule has 38 heavy (non-hydrogen) atoms. The Morgan fingerprint density at radius 2 is 1.79 bits per heavy atom. The topological polar surface area (TPSA) is 111 Å². The Kier molecular flexibility index (Phi) is 6.78. The molecule has 10 nitrogen and oxygen atoms in total. The monoisotopic (exact) mass is 512 g/mol. The van der Waals surface area contributed by atoms with Crippen LogP contribution in [0.4, 0.5) is 11.4 Å². The van der Waals surface area contributed by atoms with Gasteiger partial charge < -0.3 is 19.7 Å². The van der Waals surface area contributed by atoms with E-state index in [9.17, 15) is 9.59 Å². The zero-order valence-corrected chi connectivity index (χ0v) is 21.6. The van der Waals surface area contributed by atoms with E-state index in [-0.39, 0.29) is 18.2 Å². The Hall–Kier alpha value is -4.73. The summed E-state index contributed by atoms with van der Waals surface area (Å²) in [4.78, 5) is 27.0. The fourth-order valence-corrected chi connectivity index (χ4v) is 4.31. The van der Waals surface area contributed by atoms with E-state index in [4.69, 9.17) is 9.47 Å². The molecule has 1 N–H and O–H groups in total. The molecular weight excluding hydrogens is 484 g/mol. The van der Waals surface area contributed by atoms with Gasteiger partial charge >= 0.3 is 0 Å². The second-order valence-electron chi connectivity index (χ2n) is 9.16. The van der Waals surface area contributed by atoms with Crippen LogP contribution in [0.2, 0.25) is 0 Å². The number of ether oxygens (including phenoxy) is 2. The van der Waals surface area contributed by atoms with Gasteiger partial charge in [-0.05, 0) is 68.8 Å². The molecule has 0 spiro atoms. The lowest BCUT2D eigenvalue weighted by Crippen LogP contribution is -2.28. The van der Waals surface area contributed by atoms with Crippen molar-refractivity contribution in [2.45, 2.75) is 27.2 Å². The third-order valence-corrected chi connectivity index (χ3v) is 6.70. The summed E-state index contributed by atoms with van der Waals surface area (Å²) in [5.41, 5.74) is 4.40. The van der Waals surface area contributed by atoms with Gasteiger partial charge in [0.2, 0.25) is 17.7 Å². The van der Waals surface area contributed by atoms with Crippen LogP contribution in [0.3, 0.4) is 0 Å². The molecule has 194 valence electrons. The van der Waals surface area contributed by atoms with E-state index in [0.29, 0.717) is 41.1 Å². The fourth-order valence-electron chi connectivity index (χ4n) is 4.31. The molecule has 1 unspecified atom stereocenters. The number of aromatic nitrogens is 4. The highest BCUT2D eigenvalue weighted by atomic mass is 16.5. The number of methoxy groups -OCH3 is 1. The normalized spacial score (nSPS) is 15.0. The van der Waals surface area contributed by atoms with Crippen molar-refractivity contribution in [1.82, 2.24) is 20.0 Å². The SMILES string of the molecule is COc1cccc(N2CC(C(=O)Nc3ccc(Oc4ccc(-n5nc(C)c(C)c5C)nn4)cc3)CC2=O)c1. The van der Waals surface area contributed by atoms with E-state index in [1.165, 1.54) is 0 Å². The van der Waals surface area contributed by atoms with Crippen molar-refractivity contribution < 1.29 is 19.1 Å². The van der Waals surface area contributed by atoms with E-state index < -0.39 is 5.92 Å². The zero-order valence-electron chi connectivity index (χ0n) is 21.6. The van der Waals surface area contributed by atoms with Gasteiger partial charge in [0.25, 0.3) is 0 Å². The number of hydrogen-bond acceptors (Lipinski definition) is 7. The molecule has 5 rings (SSSR count).